The van der Waals surface area contributed by atoms with E-state index in [0.29, 0.717) is 16.1 Å². The maximum absolute atomic E-state index is 6.06. The fourth-order valence-corrected chi connectivity index (χ4v) is 2.66. The van der Waals surface area contributed by atoms with Crippen molar-refractivity contribution in [2.45, 2.75) is 32.2 Å². The summed E-state index contributed by atoms with van der Waals surface area (Å²) >= 11 is 12.0. The van der Waals surface area contributed by atoms with E-state index in [1.165, 1.54) is 24.9 Å². The standard InChI is InChI=1S/C14H20Cl2N2/c1-2-7-17-11-5-8-18(9-6-11)12-3-4-13(15)14(16)10-12/h3-4,10-11,17H,2,5-9H2,1H3. The van der Waals surface area contributed by atoms with Crippen LogP contribution < -0.4 is 10.2 Å². The third kappa shape index (κ3) is 3.53. The van der Waals surface area contributed by atoms with Crippen molar-refractivity contribution >= 4 is 28.9 Å². The number of halogens is 2. The maximum Gasteiger partial charge on any atom is 0.0612 e. The van der Waals surface area contributed by atoms with Crippen LogP contribution in [0.2, 0.25) is 10.0 Å². The number of piperidine rings is 1. The van der Waals surface area contributed by atoms with Gasteiger partial charge < -0.3 is 10.2 Å². The summed E-state index contributed by atoms with van der Waals surface area (Å²) in [6.07, 6.45) is 3.59. The van der Waals surface area contributed by atoms with Crippen molar-refractivity contribution in [3.63, 3.8) is 0 Å². The van der Waals surface area contributed by atoms with Gasteiger partial charge in [0.1, 0.15) is 0 Å². The molecule has 1 saturated heterocycles. The van der Waals surface area contributed by atoms with E-state index >= 15 is 0 Å². The van der Waals surface area contributed by atoms with Crippen LogP contribution in [0.3, 0.4) is 0 Å². The van der Waals surface area contributed by atoms with Gasteiger partial charge in [0.05, 0.1) is 10.0 Å². The minimum absolute atomic E-state index is 0.625. The molecule has 100 valence electrons. The molecular formula is C14H20Cl2N2. The van der Waals surface area contributed by atoms with E-state index in [1.807, 2.05) is 18.2 Å². The molecule has 1 aromatic rings. The Hall–Kier alpha value is -0.440. The first kappa shape index (κ1) is 14.0. The molecule has 0 saturated carbocycles. The zero-order valence-corrected chi connectivity index (χ0v) is 12.3. The highest BCUT2D eigenvalue weighted by molar-refractivity contribution is 6.42. The molecule has 1 aliphatic heterocycles. The van der Waals surface area contributed by atoms with Gasteiger partial charge in [0.2, 0.25) is 0 Å². The fraction of sp³-hybridized carbons (Fsp3) is 0.571. The first-order valence-electron chi connectivity index (χ1n) is 6.64. The van der Waals surface area contributed by atoms with Gasteiger partial charge in [0.15, 0.2) is 0 Å². The van der Waals surface area contributed by atoms with Crippen LogP contribution in [0.15, 0.2) is 18.2 Å². The Bertz CT molecular complexity index is 387. The minimum atomic E-state index is 0.625. The van der Waals surface area contributed by atoms with Gasteiger partial charge in [-0.15, -0.1) is 0 Å². The van der Waals surface area contributed by atoms with Crippen LogP contribution in [0.25, 0.3) is 0 Å². The molecule has 4 heteroatoms. The van der Waals surface area contributed by atoms with Gasteiger partial charge in [0, 0.05) is 24.8 Å². The molecule has 0 unspecified atom stereocenters. The summed E-state index contributed by atoms with van der Waals surface area (Å²) in [6, 6.07) is 6.56. The van der Waals surface area contributed by atoms with Gasteiger partial charge in [0.25, 0.3) is 0 Å². The average molecular weight is 287 g/mol. The number of anilines is 1. The van der Waals surface area contributed by atoms with Crippen molar-refractivity contribution in [3.05, 3.63) is 28.2 Å². The predicted octanol–water partition coefficient (Wildman–Crippen LogP) is 3.96. The monoisotopic (exact) mass is 286 g/mol. The summed E-state index contributed by atoms with van der Waals surface area (Å²) in [5, 5.41) is 4.85. The lowest BCUT2D eigenvalue weighted by atomic mass is 10.0. The molecule has 0 radical (unpaired) electrons. The second kappa shape index (κ2) is 6.65. The molecule has 0 aliphatic carbocycles. The van der Waals surface area contributed by atoms with Gasteiger partial charge in [-0.2, -0.15) is 0 Å². The van der Waals surface area contributed by atoms with Gasteiger partial charge in [-0.1, -0.05) is 30.1 Å². The number of rotatable bonds is 4. The number of hydrogen-bond acceptors (Lipinski definition) is 2. The molecule has 0 spiro atoms. The zero-order chi connectivity index (χ0) is 13.0. The topological polar surface area (TPSA) is 15.3 Å². The summed E-state index contributed by atoms with van der Waals surface area (Å²) in [7, 11) is 0. The summed E-state index contributed by atoms with van der Waals surface area (Å²) in [4.78, 5) is 2.38. The smallest absolute Gasteiger partial charge is 0.0612 e. The van der Waals surface area contributed by atoms with Crippen molar-refractivity contribution in [1.29, 1.82) is 0 Å². The molecule has 1 N–H and O–H groups in total. The van der Waals surface area contributed by atoms with Crippen molar-refractivity contribution in [3.8, 4) is 0 Å². The first-order chi connectivity index (χ1) is 8.70. The Morgan fingerprint density at radius 2 is 1.94 bits per heavy atom. The van der Waals surface area contributed by atoms with E-state index in [-0.39, 0.29) is 0 Å². The number of nitrogens with one attached hydrogen (secondary N) is 1. The number of nitrogens with zero attached hydrogens (tertiary/aromatic N) is 1. The molecule has 0 amide bonds. The summed E-state index contributed by atoms with van der Waals surface area (Å²) < 4.78 is 0. The van der Waals surface area contributed by atoms with Crippen LogP contribution in [-0.4, -0.2) is 25.7 Å². The van der Waals surface area contributed by atoms with E-state index in [0.717, 1.165) is 19.6 Å². The molecular weight excluding hydrogens is 267 g/mol. The molecule has 1 fully saturated rings. The van der Waals surface area contributed by atoms with E-state index in [4.69, 9.17) is 23.2 Å². The second-order valence-electron chi connectivity index (χ2n) is 4.81. The largest absolute Gasteiger partial charge is 0.371 e. The van der Waals surface area contributed by atoms with Crippen molar-refractivity contribution in [2.24, 2.45) is 0 Å². The van der Waals surface area contributed by atoms with Crippen molar-refractivity contribution < 1.29 is 0 Å². The lowest BCUT2D eigenvalue weighted by Gasteiger charge is -2.34. The van der Waals surface area contributed by atoms with E-state index in [9.17, 15) is 0 Å². The molecule has 0 bridgehead atoms. The fourth-order valence-electron chi connectivity index (χ4n) is 2.37. The van der Waals surface area contributed by atoms with E-state index in [1.54, 1.807) is 0 Å². The van der Waals surface area contributed by atoms with Gasteiger partial charge >= 0.3 is 0 Å². The van der Waals surface area contributed by atoms with Crippen LogP contribution in [0.5, 0.6) is 0 Å². The Morgan fingerprint density at radius 3 is 2.56 bits per heavy atom. The third-order valence-electron chi connectivity index (χ3n) is 3.45. The third-order valence-corrected chi connectivity index (χ3v) is 4.19. The quantitative estimate of drug-likeness (QED) is 0.901. The average Bonchev–Trinajstić information content (AvgIpc) is 2.40. The zero-order valence-electron chi connectivity index (χ0n) is 10.8. The highest BCUT2D eigenvalue weighted by Crippen LogP contribution is 2.28. The van der Waals surface area contributed by atoms with Crippen LogP contribution >= 0.6 is 23.2 Å². The molecule has 1 aliphatic rings. The molecule has 2 rings (SSSR count). The molecule has 1 aromatic carbocycles. The summed E-state index contributed by atoms with van der Waals surface area (Å²) in [5.74, 6) is 0. The highest BCUT2D eigenvalue weighted by atomic mass is 35.5. The molecule has 2 nitrogen and oxygen atoms in total. The second-order valence-corrected chi connectivity index (χ2v) is 5.63. The first-order valence-corrected chi connectivity index (χ1v) is 7.39. The lowest BCUT2D eigenvalue weighted by molar-refractivity contribution is 0.416. The Morgan fingerprint density at radius 1 is 1.22 bits per heavy atom. The molecule has 18 heavy (non-hydrogen) atoms. The van der Waals surface area contributed by atoms with Crippen molar-refractivity contribution in [2.75, 3.05) is 24.5 Å². The molecule has 1 heterocycles. The minimum Gasteiger partial charge on any atom is -0.371 e. The Balaban J connectivity index is 1.90. The van der Waals surface area contributed by atoms with Crippen LogP contribution in [0, 0.1) is 0 Å². The van der Waals surface area contributed by atoms with E-state index in [2.05, 4.69) is 17.1 Å². The van der Waals surface area contributed by atoms with Crippen LogP contribution in [-0.2, 0) is 0 Å². The van der Waals surface area contributed by atoms with Gasteiger partial charge in [-0.3, -0.25) is 0 Å². The molecule has 0 aromatic heterocycles. The van der Waals surface area contributed by atoms with Gasteiger partial charge in [-0.05, 0) is 44.0 Å². The van der Waals surface area contributed by atoms with Crippen molar-refractivity contribution in [1.82, 2.24) is 5.32 Å². The molecule has 0 atom stereocenters. The summed E-state index contributed by atoms with van der Waals surface area (Å²) in [6.45, 7) is 5.49. The number of hydrogen-bond donors (Lipinski definition) is 1. The summed E-state index contributed by atoms with van der Waals surface area (Å²) in [5.41, 5.74) is 1.18. The Labute approximate surface area is 119 Å². The highest BCUT2D eigenvalue weighted by Gasteiger charge is 2.19. The normalized spacial score (nSPS) is 17.2. The van der Waals surface area contributed by atoms with Crippen LogP contribution in [0.1, 0.15) is 26.2 Å². The maximum atomic E-state index is 6.06. The number of benzene rings is 1. The predicted molar refractivity (Wildman–Crippen MR) is 80.0 cm³/mol. The van der Waals surface area contributed by atoms with Gasteiger partial charge in [-0.25, -0.2) is 0 Å². The van der Waals surface area contributed by atoms with E-state index < -0.39 is 0 Å². The lowest BCUT2D eigenvalue weighted by Crippen LogP contribution is -2.42. The SMILES string of the molecule is CCCNC1CCN(c2ccc(Cl)c(Cl)c2)CC1. The Kier molecular flexibility index (Phi) is 5.16. The van der Waals surface area contributed by atoms with Crippen LogP contribution in [0.4, 0.5) is 5.69 Å².